The van der Waals surface area contributed by atoms with Crippen molar-refractivity contribution in [1.82, 2.24) is 19.5 Å². The van der Waals surface area contributed by atoms with Crippen LogP contribution in [0.5, 0.6) is 5.75 Å². The van der Waals surface area contributed by atoms with Gasteiger partial charge in [-0.15, -0.1) is 0 Å². The zero-order chi connectivity index (χ0) is 18.8. The van der Waals surface area contributed by atoms with E-state index in [-0.39, 0.29) is 0 Å². The minimum Gasteiger partial charge on any atom is -0.495 e. The number of hydrogen-bond donors (Lipinski definition) is 2. The van der Waals surface area contributed by atoms with Gasteiger partial charge in [0.1, 0.15) is 11.6 Å². The Kier molecular flexibility index (Phi) is 4.33. The highest BCUT2D eigenvalue weighted by Gasteiger charge is 2.11. The molecular weight excluding hydrogens is 340 g/mol. The maximum absolute atomic E-state index is 5.57. The minimum absolute atomic E-state index is 0.537. The van der Waals surface area contributed by atoms with E-state index in [1.165, 1.54) is 0 Å². The van der Waals surface area contributed by atoms with Crippen LogP contribution in [0.2, 0.25) is 0 Å². The molecule has 0 bridgehead atoms. The number of methoxy groups -OCH3 is 1. The molecule has 7 nitrogen and oxygen atoms in total. The van der Waals surface area contributed by atoms with E-state index in [4.69, 9.17) is 4.74 Å². The fourth-order valence-corrected chi connectivity index (χ4v) is 3.02. The van der Waals surface area contributed by atoms with E-state index in [1.807, 2.05) is 56.7 Å². The summed E-state index contributed by atoms with van der Waals surface area (Å²) in [5, 5.41) is 7.44. The number of rotatable bonds is 5. The smallest absolute Gasteiger partial charge is 0.229 e. The molecule has 3 heterocycles. The van der Waals surface area contributed by atoms with E-state index >= 15 is 0 Å². The number of ether oxygens (including phenoxy) is 1. The molecule has 0 aliphatic heterocycles. The molecule has 0 radical (unpaired) electrons. The Labute approximate surface area is 157 Å². The van der Waals surface area contributed by atoms with Gasteiger partial charge in [-0.1, -0.05) is 0 Å². The lowest BCUT2D eigenvalue weighted by molar-refractivity contribution is 0.413. The molecule has 0 aliphatic carbocycles. The molecule has 0 unspecified atom stereocenters. The lowest BCUT2D eigenvalue weighted by atomic mass is 10.2. The second-order valence-corrected chi connectivity index (χ2v) is 6.10. The number of fused-ring (bicyclic) bond motifs is 1. The third-order valence-electron chi connectivity index (χ3n) is 4.30. The number of aromatic nitrogens is 4. The number of hydrogen-bond acceptors (Lipinski definition) is 6. The summed E-state index contributed by atoms with van der Waals surface area (Å²) in [5.41, 5.74) is 3.67. The summed E-state index contributed by atoms with van der Waals surface area (Å²) in [6.07, 6.45) is 5.64. The van der Waals surface area contributed by atoms with Crippen molar-refractivity contribution >= 4 is 28.4 Å². The molecule has 27 heavy (non-hydrogen) atoms. The average molecular weight is 360 g/mol. The Bertz CT molecular complexity index is 1100. The lowest BCUT2D eigenvalue weighted by Gasteiger charge is -2.14. The van der Waals surface area contributed by atoms with Crippen LogP contribution in [-0.2, 0) is 0 Å². The summed E-state index contributed by atoms with van der Waals surface area (Å²) in [7, 11) is 3.50. The molecule has 0 atom stereocenters. The molecule has 0 spiro atoms. The van der Waals surface area contributed by atoms with Gasteiger partial charge in [-0.2, -0.15) is 4.98 Å². The standard InChI is InChI=1S/C20H20N6O/c1-13-10-19(21-2)25-20(23-13)24-15-4-5-18(27-3)16(11-15)26-9-7-14-6-8-22-12-17(14)26/h4-12H,1-3H3,(H2,21,23,24,25). The van der Waals surface area contributed by atoms with Crippen LogP contribution in [0.25, 0.3) is 16.6 Å². The molecule has 136 valence electrons. The first kappa shape index (κ1) is 16.8. The van der Waals surface area contributed by atoms with E-state index < -0.39 is 0 Å². The Morgan fingerprint density at radius 1 is 1.07 bits per heavy atom. The van der Waals surface area contributed by atoms with E-state index in [2.05, 4.69) is 36.2 Å². The second-order valence-electron chi connectivity index (χ2n) is 6.10. The first-order chi connectivity index (χ1) is 13.2. The van der Waals surface area contributed by atoms with Gasteiger partial charge >= 0.3 is 0 Å². The predicted octanol–water partition coefficient (Wildman–Crippen LogP) is 3.92. The molecule has 0 fully saturated rings. The summed E-state index contributed by atoms with van der Waals surface area (Å²) >= 11 is 0. The third kappa shape index (κ3) is 3.27. The van der Waals surface area contributed by atoms with E-state index in [0.29, 0.717) is 5.95 Å². The van der Waals surface area contributed by atoms with Crippen LogP contribution >= 0.6 is 0 Å². The van der Waals surface area contributed by atoms with Gasteiger partial charge in [0, 0.05) is 42.3 Å². The van der Waals surface area contributed by atoms with Gasteiger partial charge in [0.25, 0.3) is 0 Å². The van der Waals surface area contributed by atoms with E-state index in [1.54, 1.807) is 13.3 Å². The Morgan fingerprint density at radius 3 is 2.78 bits per heavy atom. The van der Waals surface area contributed by atoms with Gasteiger partial charge < -0.3 is 19.9 Å². The number of aryl methyl sites for hydroxylation is 1. The van der Waals surface area contributed by atoms with Crippen molar-refractivity contribution in [2.45, 2.75) is 6.92 Å². The summed E-state index contributed by atoms with van der Waals surface area (Å²) in [4.78, 5) is 13.1. The predicted molar refractivity (Wildman–Crippen MR) is 107 cm³/mol. The van der Waals surface area contributed by atoms with Crippen molar-refractivity contribution in [3.8, 4) is 11.4 Å². The fraction of sp³-hybridized carbons (Fsp3) is 0.150. The van der Waals surface area contributed by atoms with Crippen molar-refractivity contribution in [1.29, 1.82) is 0 Å². The summed E-state index contributed by atoms with van der Waals surface area (Å²) in [6.45, 7) is 1.94. The molecule has 0 aliphatic rings. The molecule has 1 aromatic carbocycles. The van der Waals surface area contributed by atoms with Crippen molar-refractivity contribution in [2.75, 3.05) is 24.8 Å². The largest absolute Gasteiger partial charge is 0.495 e. The zero-order valence-corrected chi connectivity index (χ0v) is 15.4. The molecule has 2 N–H and O–H groups in total. The maximum atomic E-state index is 5.57. The molecule has 7 heteroatoms. The Hall–Kier alpha value is -3.61. The molecule has 0 saturated heterocycles. The summed E-state index contributed by atoms with van der Waals surface area (Å²) in [6, 6.07) is 11.8. The molecule has 4 rings (SSSR count). The van der Waals surface area contributed by atoms with Crippen LogP contribution < -0.4 is 15.4 Å². The Balaban J connectivity index is 1.76. The summed E-state index contributed by atoms with van der Waals surface area (Å²) < 4.78 is 7.63. The first-order valence-corrected chi connectivity index (χ1v) is 8.58. The number of anilines is 3. The van der Waals surface area contributed by atoms with Crippen molar-refractivity contribution in [2.24, 2.45) is 0 Å². The zero-order valence-electron chi connectivity index (χ0n) is 15.4. The van der Waals surface area contributed by atoms with E-state index in [9.17, 15) is 0 Å². The van der Waals surface area contributed by atoms with Gasteiger partial charge in [0.15, 0.2) is 0 Å². The van der Waals surface area contributed by atoms with Gasteiger partial charge in [0.2, 0.25) is 5.95 Å². The number of pyridine rings is 1. The van der Waals surface area contributed by atoms with Crippen LogP contribution in [0.1, 0.15) is 5.69 Å². The van der Waals surface area contributed by atoms with Crippen LogP contribution in [0, 0.1) is 6.92 Å². The van der Waals surface area contributed by atoms with Gasteiger partial charge in [-0.25, -0.2) is 4.98 Å². The van der Waals surface area contributed by atoms with Crippen molar-refractivity contribution in [3.05, 3.63) is 60.7 Å². The topological polar surface area (TPSA) is 76.9 Å². The van der Waals surface area contributed by atoms with Crippen LogP contribution in [0.15, 0.2) is 55.0 Å². The molecule has 0 saturated carbocycles. The average Bonchev–Trinajstić information content (AvgIpc) is 3.11. The highest BCUT2D eigenvalue weighted by Crippen LogP contribution is 2.30. The van der Waals surface area contributed by atoms with E-state index in [0.717, 1.165) is 39.5 Å². The maximum Gasteiger partial charge on any atom is 0.229 e. The van der Waals surface area contributed by atoms with Crippen LogP contribution in [-0.4, -0.2) is 33.7 Å². The van der Waals surface area contributed by atoms with Gasteiger partial charge in [-0.05, 0) is 37.3 Å². The normalized spacial score (nSPS) is 10.8. The number of nitrogens with zero attached hydrogens (tertiary/aromatic N) is 4. The van der Waals surface area contributed by atoms with Crippen LogP contribution in [0.3, 0.4) is 0 Å². The number of nitrogens with one attached hydrogen (secondary N) is 2. The first-order valence-electron chi connectivity index (χ1n) is 8.58. The SMILES string of the molecule is CNc1cc(C)nc(Nc2ccc(OC)c(-n3ccc4ccncc43)c2)n1. The van der Waals surface area contributed by atoms with Gasteiger partial charge in [-0.3, -0.25) is 4.98 Å². The minimum atomic E-state index is 0.537. The fourth-order valence-electron chi connectivity index (χ4n) is 3.02. The molecule has 0 amide bonds. The monoisotopic (exact) mass is 360 g/mol. The van der Waals surface area contributed by atoms with Crippen LogP contribution in [0.4, 0.5) is 17.5 Å². The molecule has 3 aromatic heterocycles. The third-order valence-corrected chi connectivity index (χ3v) is 4.30. The second kappa shape index (κ2) is 6.95. The lowest BCUT2D eigenvalue weighted by Crippen LogP contribution is -2.03. The molecular formula is C20H20N6O. The van der Waals surface area contributed by atoms with Crippen molar-refractivity contribution in [3.63, 3.8) is 0 Å². The Morgan fingerprint density at radius 2 is 1.96 bits per heavy atom. The highest BCUT2D eigenvalue weighted by atomic mass is 16.5. The highest BCUT2D eigenvalue weighted by molar-refractivity contribution is 5.82. The number of benzene rings is 1. The summed E-state index contributed by atoms with van der Waals surface area (Å²) in [5.74, 6) is 2.07. The van der Waals surface area contributed by atoms with Gasteiger partial charge in [0.05, 0.1) is 24.5 Å². The quantitative estimate of drug-likeness (QED) is 0.562. The van der Waals surface area contributed by atoms with Crippen molar-refractivity contribution < 1.29 is 4.74 Å². The molecule has 4 aromatic rings.